The van der Waals surface area contributed by atoms with Crippen LogP contribution < -0.4 is 16.0 Å². The molecule has 0 unspecified atom stereocenters. The van der Waals surface area contributed by atoms with E-state index < -0.39 is 53.8 Å². The van der Waals surface area contributed by atoms with Crippen LogP contribution in [0.25, 0.3) is 11.4 Å². The van der Waals surface area contributed by atoms with E-state index in [-0.39, 0.29) is 38.2 Å². The zero-order chi connectivity index (χ0) is 32.8. The number of aromatic nitrogens is 3. The van der Waals surface area contributed by atoms with Gasteiger partial charge in [0, 0.05) is 50.7 Å². The lowest BCUT2D eigenvalue weighted by Gasteiger charge is -2.38. The molecule has 0 aliphatic carbocycles. The van der Waals surface area contributed by atoms with Gasteiger partial charge in [0.2, 0.25) is 17.7 Å². The van der Waals surface area contributed by atoms with Crippen LogP contribution in [0.5, 0.6) is 0 Å². The van der Waals surface area contributed by atoms with Crippen LogP contribution >= 0.6 is 0 Å². The number of carbonyl (C=O) groups is 5. The molecule has 2 aliphatic heterocycles. The molecule has 0 radical (unpaired) electrons. The Morgan fingerprint density at radius 1 is 1.00 bits per heavy atom. The molecule has 1 aromatic carbocycles. The number of benzene rings is 1. The molecule has 240 valence electrons. The number of nitrogens with one attached hydrogen (secondary N) is 3. The quantitative estimate of drug-likeness (QED) is 0.356. The number of likely N-dealkylation sites (N-methyl/N-ethyl adjacent to an activating group) is 1. The molecule has 2 aromatic heterocycles. The van der Waals surface area contributed by atoms with E-state index in [0.29, 0.717) is 17.1 Å². The third kappa shape index (κ3) is 7.69. The van der Waals surface area contributed by atoms with Gasteiger partial charge in [-0.15, -0.1) is 0 Å². The summed E-state index contributed by atoms with van der Waals surface area (Å²) in [6.45, 7) is 2.82. The molecule has 5 amide bonds. The Morgan fingerprint density at radius 2 is 1.78 bits per heavy atom. The number of hydrogen-bond donors (Lipinski definition) is 3. The summed E-state index contributed by atoms with van der Waals surface area (Å²) in [5.74, 6) is -2.12. The number of nitrogens with zero attached hydrogens (tertiary/aromatic N) is 5. The lowest BCUT2D eigenvalue weighted by molar-refractivity contribution is -0.148. The number of fused-ring (bicyclic) bond motifs is 2. The van der Waals surface area contributed by atoms with Crippen molar-refractivity contribution in [2.24, 2.45) is 0 Å². The van der Waals surface area contributed by atoms with Gasteiger partial charge in [0.1, 0.15) is 12.1 Å². The van der Waals surface area contributed by atoms with E-state index in [0.717, 1.165) is 5.56 Å². The molecule has 2 bridgehead atoms. The molecule has 2 fully saturated rings. The number of hydrogen-bond acceptors (Lipinski definition) is 9. The van der Waals surface area contributed by atoms with E-state index >= 15 is 0 Å². The molecule has 4 heterocycles. The van der Waals surface area contributed by atoms with Crippen molar-refractivity contribution in [3.8, 4) is 11.4 Å². The molecule has 14 heteroatoms. The summed E-state index contributed by atoms with van der Waals surface area (Å²) < 4.78 is 6.09. The molecule has 0 spiro atoms. The molecule has 14 nitrogen and oxygen atoms in total. The minimum atomic E-state index is -1.16. The first-order valence-electron chi connectivity index (χ1n) is 14.9. The van der Waals surface area contributed by atoms with Gasteiger partial charge in [0.25, 0.3) is 11.8 Å². The lowest BCUT2D eigenvalue weighted by Crippen LogP contribution is -2.59. The Morgan fingerprint density at radius 3 is 2.50 bits per heavy atom. The summed E-state index contributed by atoms with van der Waals surface area (Å²) in [5.41, 5.74) is 2.18. The van der Waals surface area contributed by atoms with E-state index in [1.54, 1.807) is 25.4 Å². The normalized spacial score (nSPS) is 23.0. The Kier molecular flexibility index (Phi) is 9.96. The molecule has 3 N–H and O–H groups in total. The number of morpholine rings is 1. The zero-order valence-electron chi connectivity index (χ0n) is 25.8. The molecule has 2 aliphatic rings. The minimum Gasteiger partial charge on any atom is -0.360 e. The molecule has 4 atom stereocenters. The van der Waals surface area contributed by atoms with E-state index in [1.165, 1.54) is 30.0 Å². The molecule has 0 saturated carbocycles. The third-order valence-electron chi connectivity index (χ3n) is 7.81. The Balaban J connectivity index is 1.42. The molecular formula is C32H36N8O6. The number of ether oxygens (including phenoxy) is 1. The lowest BCUT2D eigenvalue weighted by atomic mass is 10.0. The zero-order valence-corrected chi connectivity index (χ0v) is 25.8. The van der Waals surface area contributed by atoms with Crippen molar-refractivity contribution in [1.29, 1.82) is 0 Å². The van der Waals surface area contributed by atoms with Gasteiger partial charge in [-0.25, -0.2) is 9.97 Å². The molecule has 5 rings (SSSR count). The smallest absolute Gasteiger partial charge is 0.257 e. The van der Waals surface area contributed by atoms with Gasteiger partial charge in [-0.3, -0.25) is 29.0 Å². The fourth-order valence-corrected chi connectivity index (χ4v) is 5.34. The van der Waals surface area contributed by atoms with E-state index in [2.05, 4.69) is 30.9 Å². The second kappa shape index (κ2) is 14.2. The van der Waals surface area contributed by atoms with Crippen molar-refractivity contribution in [3.05, 3.63) is 77.9 Å². The van der Waals surface area contributed by atoms with Crippen molar-refractivity contribution in [3.63, 3.8) is 0 Å². The van der Waals surface area contributed by atoms with Gasteiger partial charge in [0.05, 0.1) is 30.5 Å². The first kappa shape index (κ1) is 32.2. The second-order valence-corrected chi connectivity index (χ2v) is 11.4. The first-order valence-corrected chi connectivity index (χ1v) is 14.9. The highest BCUT2D eigenvalue weighted by Crippen LogP contribution is 2.20. The molecule has 2 saturated heterocycles. The summed E-state index contributed by atoms with van der Waals surface area (Å²) in [7, 11) is 1.45. The van der Waals surface area contributed by atoms with Crippen molar-refractivity contribution in [1.82, 2.24) is 40.7 Å². The van der Waals surface area contributed by atoms with Gasteiger partial charge in [-0.1, -0.05) is 30.3 Å². The SMILES string of the molecule is Cc1nc(-c2cccnc2)ncc1C(=O)N1C[C@@H]2CNC(=O)[C@@H](C)NC(=O)CN(C)C(=O)[C@@H](Cc3ccccc3)NC(=O)[C@@H](C1)O2. The largest absolute Gasteiger partial charge is 0.360 e. The van der Waals surface area contributed by atoms with E-state index in [1.807, 2.05) is 36.4 Å². The second-order valence-electron chi connectivity index (χ2n) is 11.4. The summed E-state index contributed by atoms with van der Waals surface area (Å²) in [6, 6.07) is 10.8. The van der Waals surface area contributed by atoms with Crippen molar-refractivity contribution >= 4 is 29.5 Å². The van der Waals surface area contributed by atoms with Crippen LogP contribution in [0.2, 0.25) is 0 Å². The molecular weight excluding hydrogens is 592 g/mol. The topological polar surface area (TPSA) is 176 Å². The van der Waals surface area contributed by atoms with Crippen LogP contribution in [-0.4, -0.2) is 112 Å². The first-order chi connectivity index (χ1) is 22.1. The monoisotopic (exact) mass is 628 g/mol. The van der Waals surface area contributed by atoms with Gasteiger partial charge in [-0.05, 0) is 31.5 Å². The van der Waals surface area contributed by atoms with Crippen molar-refractivity contribution < 1.29 is 28.7 Å². The van der Waals surface area contributed by atoms with Crippen LogP contribution in [0.1, 0.15) is 28.5 Å². The third-order valence-corrected chi connectivity index (χ3v) is 7.81. The van der Waals surface area contributed by atoms with Gasteiger partial charge in [0.15, 0.2) is 11.9 Å². The number of carbonyl (C=O) groups excluding carboxylic acids is 5. The maximum atomic E-state index is 13.8. The number of aryl methyl sites for hydroxylation is 1. The fourth-order valence-electron chi connectivity index (χ4n) is 5.34. The van der Waals surface area contributed by atoms with Crippen LogP contribution in [0.4, 0.5) is 0 Å². The fraction of sp³-hybridized carbons (Fsp3) is 0.375. The predicted octanol–water partition coefficient (Wildman–Crippen LogP) is -0.123. The van der Waals surface area contributed by atoms with Gasteiger partial charge < -0.3 is 30.5 Å². The Hall–Kier alpha value is -5.24. The maximum absolute atomic E-state index is 13.8. The summed E-state index contributed by atoms with van der Waals surface area (Å²) in [4.78, 5) is 82.2. The average Bonchev–Trinajstić information content (AvgIpc) is 3.06. The van der Waals surface area contributed by atoms with Crippen LogP contribution in [0.3, 0.4) is 0 Å². The van der Waals surface area contributed by atoms with E-state index in [4.69, 9.17) is 4.74 Å². The highest BCUT2D eigenvalue weighted by Gasteiger charge is 2.38. The molecule has 46 heavy (non-hydrogen) atoms. The minimum absolute atomic E-state index is 0.0334. The van der Waals surface area contributed by atoms with Crippen LogP contribution in [0.15, 0.2) is 61.1 Å². The van der Waals surface area contributed by atoms with Gasteiger partial charge in [-0.2, -0.15) is 0 Å². The summed E-state index contributed by atoms with van der Waals surface area (Å²) in [5, 5.41) is 8.12. The predicted molar refractivity (Wildman–Crippen MR) is 165 cm³/mol. The van der Waals surface area contributed by atoms with Gasteiger partial charge >= 0.3 is 0 Å². The molecule has 3 aromatic rings. The average molecular weight is 629 g/mol. The number of amides is 5. The maximum Gasteiger partial charge on any atom is 0.257 e. The highest BCUT2D eigenvalue weighted by atomic mass is 16.5. The van der Waals surface area contributed by atoms with Crippen LogP contribution in [-0.2, 0) is 30.3 Å². The number of pyridine rings is 1. The Bertz CT molecular complexity index is 1600. The number of rotatable bonds is 4. The van der Waals surface area contributed by atoms with Crippen molar-refractivity contribution in [2.45, 2.75) is 44.6 Å². The highest BCUT2D eigenvalue weighted by molar-refractivity contribution is 5.96. The van der Waals surface area contributed by atoms with E-state index in [9.17, 15) is 24.0 Å². The van der Waals surface area contributed by atoms with Crippen LogP contribution in [0, 0.1) is 6.92 Å². The summed E-state index contributed by atoms with van der Waals surface area (Å²) >= 11 is 0. The summed E-state index contributed by atoms with van der Waals surface area (Å²) in [6.07, 6.45) is 2.94. The standard InChI is InChI=1S/C32H36N8O6/c1-19-24(15-34-28(37-19)22-10-7-11-33-13-22)31(44)40-16-23-14-35-29(42)20(2)36-27(41)18-39(3)32(45)25(12-21-8-5-4-6-9-21)38-30(43)26(17-40)46-23/h4-11,13,15,20,23,25-26H,12,14,16-18H2,1-3H3,(H,35,42)(H,36,41)(H,38,43)/t20-,23+,25-,26-/m1/s1. The Labute approximate surface area is 265 Å². The van der Waals surface area contributed by atoms with Crippen molar-refractivity contribution in [2.75, 3.05) is 33.2 Å².